The molecule has 2 aliphatic heterocycles. The van der Waals surface area contributed by atoms with E-state index in [-0.39, 0.29) is 24.6 Å². The van der Waals surface area contributed by atoms with Crippen molar-refractivity contribution in [2.24, 2.45) is 0 Å². The Morgan fingerprint density at radius 2 is 1.76 bits per heavy atom. The number of hydrogen-bond acceptors (Lipinski definition) is 3. The minimum atomic E-state index is -0.475. The van der Waals surface area contributed by atoms with Gasteiger partial charge in [-0.05, 0) is 37.3 Å². The van der Waals surface area contributed by atoms with Crippen molar-refractivity contribution in [2.75, 3.05) is 19.6 Å². The van der Waals surface area contributed by atoms with Crippen LogP contribution in [-0.2, 0) is 21.6 Å². The van der Waals surface area contributed by atoms with E-state index >= 15 is 0 Å². The predicted molar refractivity (Wildman–Crippen MR) is 111 cm³/mol. The molecule has 0 unspecified atom stereocenters. The summed E-state index contributed by atoms with van der Waals surface area (Å²) in [5.41, 5.74) is 1.57. The molecule has 0 bridgehead atoms. The van der Waals surface area contributed by atoms with E-state index in [1.807, 2.05) is 72.5 Å². The first-order valence-corrected chi connectivity index (χ1v) is 10.4. The van der Waals surface area contributed by atoms with Crippen LogP contribution in [0.25, 0.3) is 0 Å². The first-order valence-electron chi connectivity index (χ1n) is 10.4. The molecule has 0 N–H and O–H groups in total. The van der Waals surface area contributed by atoms with Crippen LogP contribution in [0.2, 0.25) is 0 Å². The van der Waals surface area contributed by atoms with Gasteiger partial charge in [-0.15, -0.1) is 0 Å². The first-order chi connectivity index (χ1) is 14.1. The third-order valence-electron chi connectivity index (χ3n) is 6.30. The zero-order valence-electron chi connectivity index (χ0n) is 16.9. The molecule has 2 amide bonds. The van der Waals surface area contributed by atoms with Crippen LogP contribution in [0, 0.1) is 0 Å². The summed E-state index contributed by atoms with van der Waals surface area (Å²) >= 11 is 0. The predicted octanol–water partition coefficient (Wildman–Crippen LogP) is 3.98. The molecule has 0 aromatic heterocycles. The van der Waals surface area contributed by atoms with E-state index in [1.54, 1.807) is 4.90 Å². The second kappa shape index (κ2) is 8.27. The molecule has 2 aliphatic rings. The van der Waals surface area contributed by atoms with Crippen LogP contribution >= 0.6 is 0 Å². The monoisotopic (exact) mass is 392 g/mol. The highest BCUT2D eigenvalue weighted by atomic mass is 16.6. The van der Waals surface area contributed by atoms with Gasteiger partial charge in [-0.1, -0.05) is 60.7 Å². The van der Waals surface area contributed by atoms with Crippen LogP contribution < -0.4 is 0 Å². The molecule has 5 nitrogen and oxygen atoms in total. The van der Waals surface area contributed by atoms with E-state index in [1.165, 1.54) is 0 Å². The van der Waals surface area contributed by atoms with Gasteiger partial charge in [0.2, 0.25) is 5.91 Å². The molecule has 4 rings (SSSR count). The van der Waals surface area contributed by atoms with E-state index < -0.39 is 5.41 Å². The second-order valence-corrected chi connectivity index (χ2v) is 8.23. The van der Waals surface area contributed by atoms with E-state index in [2.05, 4.69) is 0 Å². The number of rotatable bonds is 4. The minimum absolute atomic E-state index is 0.0612. The van der Waals surface area contributed by atoms with Crippen molar-refractivity contribution in [3.63, 3.8) is 0 Å². The SMILES string of the molecule is C[C@]1(c2ccccc2)CCN([C@H]2CCCN(C(=O)OCc3ccccc3)C2)C1=O. The number of benzene rings is 2. The average Bonchev–Trinajstić information content (AvgIpc) is 3.09. The molecular weight excluding hydrogens is 364 g/mol. The molecule has 2 aromatic rings. The molecular formula is C24H28N2O3. The smallest absolute Gasteiger partial charge is 0.410 e. The van der Waals surface area contributed by atoms with Crippen molar-refractivity contribution in [1.29, 1.82) is 0 Å². The Balaban J connectivity index is 1.38. The van der Waals surface area contributed by atoms with Crippen LogP contribution in [0.1, 0.15) is 37.3 Å². The Morgan fingerprint density at radius 3 is 2.48 bits per heavy atom. The summed E-state index contributed by atoms with van der Waals surface area (Å²) in [5, 5.41) is 0. The van der Waals surface area contributed by atoms with Crippen molar-refractivity contribution >= 4 is 12.0 Å². The summed E-state index contributed by atoms with van der Waals surface area (Å²) in [6, 6.07) is 19.8. The summed E-state index contributed by atoms with van der Waals surface area (Å²) in [5.74, 6) is 0.174. The maximum Gasteiger partial charge on any atom is 0.410 e. The van der Waals surface area contributed by atoms with Gasteiger partial charge in [-0.3, -0.25) is 4.79 Å². The standard InChI is InChI=1S/C24H28N2O3/c1-24(20-11-6-3-7-12-20)14-16-26(22(24)27)21-13-8-15-25(17-21)23(28)29-18-19-9-4-2-5-10-19/h2-7,9-12,21H,8,13-18H2,1H3/t21-,24+/m0/s1. The Bertz CT molecular complexity index is 855. The van der Waals surface area contributed by atoms with Crippen molar-refractivity contribution in [3.05, 3.63) is 71.8 Å². The van der Waals surface area contributed by atoms with Crippen LogP contribution in [0.3, 0.4) is 0 Å². The molecule has 2 aromatic carbocycles. The number of piperidine rings is 1. The number of amides is 2. The highest BCUT2D eigenvalue weighted by Gasteiger charge is 2.47. The minimum Gasteiger partial charge on any atom is -0.445 e. The summed E-state index contributed by atoms with van der Waals surface area (Å²) in [6.45, 7) is 4.28. The number of nitrogens with zero attached hydrogens (tertiary/aromatic N) is 2. The number of likely N-dealkylation sites (tertiary alicyclic amines) is 2. The lowest BCUT2D eigenvalue weighted by Crippen LogP contribution is -2.51. The largest absolute Gasteiger partial charge is 0.445 e. The highest BCUT2D eigenvalue weighted by molar-refractivity contribution is 5.90. The molecule has 5 heteroatoms. The molecule has 2 saturated heterocycles. The van der Waals surface area contributed by atoms with Crippen molar-refractivity contribution in [1.82, 2.24) is 9.80 Å². The lowest BCUT2D eigenvalue weighted by Gasteiger charge is -2.37. The van der Waals surface area contributed by atoms with E-state index in [0.29, 0.717) is 13.1 Å². The fourth-order valence-electron chi connectivity index (χ4n) is 4.48. The van der Waals surface area contributed by atoms with Crippen molar-refractivity contribution in [3.8, 4) is 0 Å². The van der Waals surface area contributed by atoms with Crippen molar-refractivity contribution in [2.45, 2.75) is 44.2 Å². The average molecular weight is 392 g/mol. The number of carbonyl (C=O) groups excluding carboxylic acids is 2. The quantitative estimate of drug-likeness (QED) is 0.791. The van der Waals surface area contributed by atoms with Gasteiger partial charge in [0.15, 0.2) is 0 Å². The Hall–Kier alpha value is -2.82. The van der Waals surface area contributed by atoms with E-state index in [4.69, 9.17) is 4.74 Å². The Morgan fingerprint density at radius 1 is 1.07 bits per heavy atom. The zero-order valence-corrected chi connectivity index (χ0v) is 16.9. The van der Waals surface area contributed by atoms with Crippen LogP contribution in [0.5, 0.6) is 0 Å². The third kappa shape index (κ3) is 4.00. The topological polar surface area (TPSA) is 49.9 Å². The second-order valence-electron chi connectivity index (χ2n) is 8.23. The fourth-order valence-corrected chi connectivity index (χ4v) is 4.48. The molecule has 152 valence electrons. The number of hydrogen-bond donors (Lipinski definition) is 0. The summed E-state index contributed by atoms with van der Waals surface area (Å²) < 4.78 is 5.50. The van der Waals surface area contributed by atoms with Crippen LogP contribution in [0.4, 0.5) is 4.79 Å². The Labute approximate surface area is 172 Å². The molecule has 2 heterocycles. The molecule has 0 aliphatic carbocycles. The van der Waals surface area contributed by atoms with Gasteiger partial charge < -0.3 is 14.5 Å². The number of carbonyl (C=O) groups is 2. The highest BCUT2D eigenvalue weighted by Crippen LogP contribution is 2.37. The Kier molecular flexibility index (Phi) is 5.56. The maximum absolute atomic E-state index is 13.3. The zero-order chi connectivity index (χ0) is 20.3. The van der Waals surface area contributed by atoms with Crippen LogP contribution in [0.15, 0.2) is 60.7 Å². The van der Waals surface area contributed by atoms with Gasteiger partial charge in [0.1, 0.15) is 6.61 Å². The van der Waals surface area contributed by atoms with Gasteiger partial charge in [-0.25, -0.2) is 4.79 Å². The van der Waals surface area contributed by atoms with Gasteiger partial charge >= 0.3 is 6.09 Å². The van der Waals surface area contributed by atoms with E-state index in [9.17, 15) is 9.59 Å². The normalized spacial score (nSPS) is 24.6. The van der Waals surface area contributed by atoms with E-state index in [0.717, 1.165) is 36.9 Å². The molecule has 0 saturated carbocycles. The molecule has 29 heavy (non-hydrogen) atoms. The summed E-state index contributed by atoms with van der Waals surface area (Å²) in [7, 11) is 0. The first kappa shape index (κ1) is 19.5. The third-order valence-corrected chi connectivity index (χ3v) is 6.30. The summed E-state index contributed by atoms with van der Waals surface area (Å²) in [4.78, 5) is 29.6. The molecule has 2 atom stereocenters. The molecule has 0 spiro atoms. The van der Waals surface area contributed by atoms with Gasteiger partial charge in [0, 0.05) is 25.7 Å². The lowest BCUT2D eigenvalue weighted by molar-refractivity contribution is -0.134. The fraction of sp³-hybridized carbons (Fsp3) is 0.417. The molecule has 0 radical (unpaired) electrons. The van der Waals surface area contributed by atoms with Crippen LogP contribution in [-0.4, -0.2) is 47.5 Å². The lowest BCUT2D eigenvalue weighted by atomic mass is 9.81. The van der Waals surface area contributed by atoms with Crippen molar-refractivity contribution < 1.29 is 14.3 Å². The van der Waals surface area contributed by atoms with Gasteiger partial charge in [0.05, 0.1) is 5.41 Å². The maximum atomic E-state index is 13.3. The van der Waals surface area contributed by atoms with Gasteiger partial charge in [0.25, 0.3) is 0 Å². The number of ether oxygens (including phenoxy) is 1. The summed E-state index contributed by atoms with van der Waals surface area (Å²) in [6.07, 6.45) is 2.33. The van der Waals surface area contributed by atoms with Gasteiger partial charge in [-0.2, -0.15) is 0 Å². The molecule has 2 fully saturated rings.